The topological polar surface area (TPSA) is 55.4 Å². The number of nitrogens with one attached hydrogen (secondary N) is 1. The number of rotatable bonds is 1. The first-order valence-electron chi connectivity index (χ1n) is 7.70. The van der Waals surface area contributed by atoms with Crippen LogP contribution in [0, 0.1) is 11.8 Å². The van der Waals surface area contributed by atoms with E-state index in [1.165, 1.54) is 25.7 Å². The van der Waals surface area contributed by atoms with Gasteiger partial charge in [0, 0.05) is 32.8 Å². The SMILES string of the molecule is CC(C)C.CC1CC1.CNC1CC1.COC.CS(C)(=O)=O. The molecule has 1 N–H and O–H groups in total. The van der Waals surface area contributed by atoms with Gasteiger partial charge in [-0.3, -0.25) is 0 Å². The van der Waals surface area contributed by atoms with Crippen molar-refractivity contribution in [2.24, 2.45) is 11.8 Å². The number of hydrogen-bond donors (Lipinski definition) is 1. The van der Waals surface area contributed by atoms with Gasteiger partial charge in [0.05, 0.1) is 0 Å². The highest BCUT2D eigenvalue weighted by atomic mass is 32.2. The summed E-state index contributed by atoms with van der Waals surface area (Å²) in [7, 11) is 2.59. The van der Waals surface area contributed by atoms with E-state index in [2.05, 4.69) is 37.7 Å². The largest absolute Gasteiger partial charge is 0.388 e. The lowest BCUT2D eigenvalue weighted by Gasteiger charge is -1.80. The Morgan fingerprint density at radius 2 is 1.19 bits per heavy atom. The van der Waals surface area contributed by atoms with Crippen molar-refractivity contribution in [3.63, 3.8) is 0 Å². The predicted molar refractivity (Wildman–Crippen MR) is 94.7 cm³/mol. The van der Waals surface area contributed by atoms with Gasteiger partial charge in [0.2, 0.25) is 0 Å². The van der Waals surface area contributed by atoms with Gasteiger partial charge in [-0.2, -0.15) is 0 Å². The molecule has 0 amide bonds. The first-order chi connectivity index (χ1) is 9.47. The van der Waals surface area contributed by atoms with Gasteiger partial charge in [0.1, 0.15) is 9.84 Å². The first kappa shape index (κ1) is 25.8. The van der Waals surface area contributed by atoms with Crippen molar-refractivity contribution in [2.75, 3.05) is 33.8 Å². The monoisotopic (exact) mass is 325 g/mol. The Morgan fingerprint density at radius 1 is 1.00 bits per heavy atom. The Labute approximate surface area is 134 Å². The third kappa shape index (κ3) is 102. The van der Waals surface area contributed by atoms with Gasteiger partial charge in [-0.25, -0.2) is 8.42 Å². The van der Waals surface area contributed by atoms with Gasteiger partial charge in [-0.05, 0) is 31.7 Å². The zero-order chi connectivity index (χ0) is 17.5. The normalized spacial score (nSPS) is 15.9. The van der Waals surface area contributed by atoms with Gasteiger partial charge in [-0.15, -0.1) is 0 Å². The van der Waals surface area contributed by atoms with Crippen molar-refractivity contribution in [3.05, 3.63) is 0 Å². The van der Waals surface area contributed by atoms with E-state index in [4.69, 9.17) is 0 Å². The summed E-state index contributed by atoms with van der Waals surface area (Å²) in [6.45, 7) is 8.78. The molecule has 0 aromatic heterocycles. The lowest BCUT2D eigenvalue weighted by atomic mass is 10.3. The molecule has 0 unspecified atom stereocenters. The van der Waals surface area contributed by atoms with Gasteiger partial charge in [0.25, 0.3) is 0 Å². The van der Waals surface area contributed by atoms with E-state index in [0.29, 0.717) is 0 Å². The predicted octanol–water partition coefficient (Wildman–Crippen LogP) is 3.37. The van der Waals surface area contributed by atoms with E-state index in [9.17, 15) is 8.42 Å². The third-order valence-corrected chi connectivity index (χ3v) is 1.85. The van der Waals surface area contributed by atoms with Crippen molar-refractivity contribution in [1.82, 2.24) is 5.32 Å². The minimum absolute atomic E-state index is 0.833. The van der Waals surface area contributed by atoms with E-state index in [-0.39, 0.29) is 0 Å². The summed E-state index contributed by atoms with van der Waals surface area (Å²) in [6, 6.07) is 0.884. The molecule has 0 aromatic carbocycles. The lowest BCUT2D eigenvalue weighted by molar-refractivity contribution is 0.277. The van der Waals surface area contributed by atoms with Crippen molar-refractivity contribution < 1.29 is 13.2 Å². The van der Waals surface area contributed by atoms with Crippen molar-refractivity contribution in [3.8, 4) is 0 Å². The van der Waals surface area contributed by atoms with Gasteiger partial charge < -0.3 is 10.1 Å². The molecule has 0 bridgehead atoms. The number of sulfone groups is 1. The molecule has 0 saturated heterocycles. The molecule has 0 atom stereocenters. The molecule has 2 saturated carbocycles. The van der Waals surface area contributed by atoms with Crippen LogP contribution in [0.25, 0.3) is 0 Å². The van der Waals surface area contributed by atoms with Gasteiger partial charge >= 0.3 is 0 Å². The summed E-state index contributed by atoms with van der Waals surface area (Å²) in [4.78, 5) is 0. The molecule has 2 fully saturated rings. The van der Waals surface area contributed by atoms with Crippen LogP contribution in [0.1, 0.15) is 53.4 Å². The van der Waals surface area contributed by atoms with Gasteiger partial charge in [0.15, 0.2) is 0 Å². The number of ether oxygens (including phenoxy) is 1. The molecule has 0 aromatic rings. The second-order valence-electron chi connectivity index (χ2n) is 6.53. The molecule has 0 aliphatic heterocycles. The molecule has 5 heteroatoms. The number of methoxy groups -OCH3 is 1. The summed E-state index contributed by atoms with van der Waals surface area (Å²) < 4.78 is 23.5. The highest BCUT2D eigenvalue weighted by molar-refractivity contribution is 7.89. The van der Waals surface area contributed by atoms with Crippen molar-refractivity contribution in [2.45, 2.75) is 59.4 Å². The molecular weight excluding hydrogens is 286 g/mol. The Balaban J connectivity index is -0.000000195. The molecule has 2 rings (SSSR count). The standard InChI is InChI=1S/C4H9N.C4H8.C4H10.C2H6O2S.C2H6O/c1-5-4-2-3-4;1-4-2-3-4;1-4(2)3;1-5(2,3)4;1-3-2/h4-5H,2-3H2,1H3;4H,2-3H2,1H3;4H,1-3H3;1-2H3;1-2H3. The number of hydrogen-bond acceptors (Lipinski definition) is 4. The lowest BCUT2D eigenvalue weighted by Crippen LogP contribution is -2.06. The van der Waals surface area contributed by atoms with Crippen LogP contribution in [0.3, 0.4) is 0 Å². The Kier molecular flexibility index (Phi) is 20.0. The second kappa shape index (κ2) is 16.2. The molecule has 2 aliphatic rings. The van der Waals surface area contributed by atoms with Crippen LogP contribution in [0.2, 0.25) is 0 Å². The van der Waals surface area contributed by atoms with Crippen LogP contribution in [0.5, 0.6) is 0 Å². The van der Waals surface area contributed by atoms with E-state index < -0.39 is 9.84 Å². The van der Waals surface area contributed by atoms with E-state index in [1.54, 1.807) is 14.2 Å². The maximum atomic E-state index is 9.63. The highest BCUT2D eigenvalue weighted by Crippen LogP contribution is 2.26. The zero-order valence-corrected chi connectivity index (χ0v) is 16.5. The zero-order valence-electron chi connectivity index (χ0n) is 15.7. The van der Waals surface area contributed by atoms with Crippen LogP contribution in [0.4, 0.5) is 0 Å². The maximum absolute atomic E-state index is 9.63. The Morgan fingerprint density at radius 3 is 1.19 bits per heavy atom. The fraction of sp³-hybridized carbons (Fsp3) is 1.00. The Bertz CT molecular complexity index is 271. The fourth-order valence-corrected chi connectivity index (χ4v) is 0.539. The molecule has 0 spiro atoms. The van der Waals surface area contributed by atoms with Crippen LogP contribution >= 0.6 is 0 Å². The molecule has 0 heterocycles. The minimum Gasteiger partial charge on any atom is -0.388 e. The first-order valence-corrected chi connectivity index (χ1v) is 10.00. The molecule has 0 radical (unpaired) electrons. The summed E-state index contributed by atoms with van der Waals surface area (Å²) in [6.07, 6.45) is 8.09. The highest BCUT2D eigenvalue weighted by Gasteiger charge is 2.17. The Hall–Kier alpha value is -0.130. The minimum atomic E-state index is -2.67. The second-order valence-corrected chi connectivity index (χ2v) is 8.81. The van der Waals surface area contributed by atoms with Crippen LogP contribution in [-0.2, 0) is 14.6 Å². The summed E-state index contributed by atoms with van der Waals surface area (Å²) in [5.74, 6) is 1.92. The molecular formula is C16H39NO3S. The molecule has 132 valence electrons. The fourth-order valence-electron chi connectivity index (χ4n) is 0.539. The average Bonchev–Trinajstić information content (AvgIpc) is 3.09. The summed E-state index contributed by atoms with van der Waals surface area (Å²) >= 11 is 0. The van der Waals surface area contributed by atoms with Crippen LogP contribution in [-0.4, -0.2) is 48.2 Å². The van der Waals surface area contributed by atoms with E-state index >= 15 is 0 Å². The van der Waals surface area contributed by atoms with Crippen molar-refractivity contribution in [1.29, 1.82) is 0 Å². The quantitative estimate of drug-likeness (QED) is 0.803. The van der Waals surface area contributed by atoms with E-state index in [0.717, 1.165) is 30.4 Å². The van der Waals surface area contributed by atoms with Crippen LogP contribution in [0.15, 0.2) is 0 Å². The van der Waals surface area contributed by atoms with Crippen LogP contribution < -0.4 is 5.32 Å². The third-order valence-electron chi connectivity index (χ3n) is 1.85. The molecule has 2 aliphatic carbocycles. The van der Waals surface area contributed by atoms with Gasteiger partial charge in [-0.1, -0.05) is 40.5 Å². The summed E-state index contributed by atoms with van der Waals surface area (Å²) in [5, 5.41) is 3.14. The van der Waals surface area contributed by atoms with E-state index in [1.807, 2.05) is 7.05 Å². The smallest absolute Gasteiger partial charge is 0.144 e. The average molecular weight is 326 g/mol. The summed E-state index contributed by atoms with van der Waals surface area (Å²) in [5.41, 5.74) is 0. The maximum Gasteiger partial charge on any atom is 0.144 e. The molecule has 21 heavy (non-hydrogen) atoms. The van der Waals surface area contributed by atoms with Crippen molar-refractivity contribution >= 4 is 9.84 Å². The molecule has 4 nitrogen and oxygen atoms in total.